The van der Waals surface area contributed by atoms with Crippen molar-refractivity contribution >= 4 is 9.84 Å². The lowest BCUT2D eigenvalue weighted by Gasteiger charge is -2.16. The molecule has 0 aliphatic rings. The minimum atomic E-state index is -3.75. The van der Waals surface area contributed by atoms with E-state index in [0.29, 0.717) is 24.0 Å². The van der Waals surface area contributed by atoms with Crippen LogP contribution >= 0.6 is 0 Å². The highest BCUT2D eigenvalue weighted by atomic mass is 32.2. The molecule has 2 aromatic rings. The summed E-state index contributed by atoms with van der Waals surface area (Å²) < 4.78 is 26.6. The number of hydrogen-bond donors (Lipinski definition) is 2. The third-order valence-electron chi connectivity index (χ3n) is 3.92. The quantitative estimate of drug-likeness (QED) is 0.802. The summed E-state index contributed by atoms with van der Waals surface area (Å²) in [7, 11) is -3.75. The second-order valence-corrected chi connectivity index (χ2v) is 9.17. The maximum Gasteiger partial charge on any atom is 0.207 e. The molecule has 2 rings (SSSR count). The number of hydrogen-bond acceptors (Lipinski definition) is 4. The Morgan fingerprint density at radius 3 is 1.44 bits per heavy atom. The highest BCUT2D eigenvalue weighted by molar-refractivity contribution is 7.91. The van der Waals surface area contributed by atoms with Gasteiger partial charge in [-0.1, -0.05) is 27.7 Å². The van der Waals surface area contributed by atoms with Gasteiger partial charge in [0.25, 0.3) is 0 Å². The lowest BCUT2D eigenvalue weighted by atomic mass is 10.0. The van der Waals surface area contributed by atoms with E-state index >= 15 is 0 Å². The third-order valence-corrected chi connectivity index (χ3v) is 5.88. The lowest BCUT2D eigenvalue weighted by molar-refractivity contribution is 0.472. The maximum absolute atomic E-state index is 13.3. The predicted molar refractivity (Wildman–Crippen MR) is 98.7 cm³/mol. The van der Waals surface area contributed by atoms with Gasteiger partial charge in [0.05, 0.1) is 9.79 Å². The Balaban J connectivity index is 2.64. The Hall–Kier alpha value is -2.01. The van der Waals surface area contributed by atoms with Gasteiger partial charge in [0.1, 0.15) is 11.5 Å². The van der Waals surface area contributed by atoms with Crippen molar-refractivity contribution in [1.82, 2.24) is 0 Å². The van der Waals surface area contributed by atoms with Crippen molar-refractivity contribution in [2.24, 2.45) is 11.8 Å². The van der Waals surface area contributed by atoms with Crippen LogP contribution in [0.2, 0.25) is 0 Å². The van der Waals surface area contributed by atoms with E-state index < -0.39 is 9.84 Å². The van der Waals surface area contributed by atoms with Crippen LogP contribution in [0.15, 0.2) is 46.2 Å². The highest BCUT2D eigenvalue weighted by Gasteiger charge is 2.25. The zero-order chi connectivity index (χ0) is 18.8. The van der Waals surface area contributed by atoms with Crippen molar-refractivity contribution < 1.29 is 18.6 Å². The van der Waals surface area contributed by atoms with Gasteiger partial charge in [-0.3, -0.25) is 0 Å². The van der Waals surface area contributed by atoms with Crippen molar-refractivity contribution in [3.63, 3.8) is 0 Å². The Bertz CT molecular complexity index is 786. The van der Waals surface area contributed by atoms with E-state index in [4.69, 9.17) is 0 Å². The summed E-state index contributed by atoms with van der Waals surface area (Å²) >= 11 is 0. The van der Waals surface area contributed by atoms with Crippen LogP contribution in [0.5, 0.6) is 11.5 Å². The molecule has 0 bridgehead atoms. The second kappa shape index (κ2) is 7.48. The minimum Gasteiger partial charge on any atom is -0.508 e. The summed E-state index contributed by atoms with van der Waals surface area (Å²) in [6.45, 7) is 8.02. The van der Waals surface area contributed by atoms with Gasteiger partial charge in [-0.15, -0.1) is 0 Å². The van der Waals surface area contributed by atoms with E-state index in [1.54, 1.807) is 0 Å². The summed E-state index contributed by atoms with van der Waals surface area (Å²) in [5, 5.41) is 19.5. The van der Waals surface area contributed by atoms with E-state index in [1.165, 1.54) is 36.4 Å². The van der Waals surface area contributed by atoms with E-state index in [-0.39, 0.29) is 33.1 Å². The summed E-state index contributed by atoms with van der Waals surface area (Å²) in [5.74, 6) is 0.627. The number of benzene rings is 2. The molecule has 0 aliphatic heterocycles. The second-order valence-electron chi connectivity index (χ2n) is 7.28. The molecule has 0 fully saturated rings. The summed E-state index contributed by atoms with van der Waals surface area (Å²) in [6, 6.07) is 8.78. The van der Waals surface area contributed by atoms with E-state index in [9.17, 15) is 18.6 Å². The van der Waals surface area contributed by atoms with Gasteiger partial charge in [-0.05, 0) is 72.2 Å². The van der Waals surface area contributed by atoms with Crippen LogP contribution < -0.4 is 0 Å². The number of rotatable bonds is 6. The Kier molecular flexibility index (Phi) is 5.78. The first kappa shape index (κ1) is 19.3. The third kappa shape index (κ3) is 4.54. The Labute approximate surface area is 150 Å². The van der Waals surface area contributed by atoms with Crippen LogP contribution in [0.4, 0.5) is 0 Å². The summed E-state index contributed by atoms with van der Waals surface area (Å²) in [4.78, 5) is 0.435. The molecule has 2 N–H and O–H groups in total. The number of phenolic OH excluding ortho intramolecular Hbond substituents is 2. The average molecular weight is 362 g/mol. The predicted octanol–water partition coefficient (Wildman–Crippen LogP) is 4.33. The van der Waals surface area contributed by atoms with Crippen LogP contribution in [0.25, 0.3) is 0 Å². The lowest BCUT2D eigenvalue weighted by Crippen LogP contribution is -2.11. The monoisotopic (exact) mass is 362 g/mol. The minimum absolute atomic E-state index is 0.0581. The number of phenols is 2. The molecule has 4 nitrogen and oxygen atoms in total. The van der Waals surface area contributed by atoms with Gasteiger partial charge in [0, 0.05) is 0 Å². The zero-order valence-corrected chi connectivity index (χ0v) is 16.0. The van der Waals surface area contributed by atoms with E-state index in [2.05, 4.69) is 0 Å². The number of aromatic hydroxyl groups is 2. The average Bonchev–Trinajstić information content (AvgIpc) is 2.45. The summed E-state index contributed by atoms with van der Waals surface area (Å²) in [6.07, 6.45) is 1.11. The highest BCUT2D eigenvalue weighted by Crippen LogP contribution is 2.32. The first-order chi connectivity index (χ1) is 11.6. The van der Waals surface area contributed by atoms with Crippen molar-refractivity contribution in [3.05, 3.63) is 47.5 Å². The van der Waals surface area contributed by atoms with Gasteiger partial charge >= 0.3 is 0 Å². The van der Waals surface area contributed by atoms with Gasteiger partial charge in [0.15, 0.2) is 0 Å². The molecular formula is C20H26O4S. The molecule has 0 radical (unpaired) electrons. The van der Waals surface area contributed by atoms with Gasteiger partial charge < -0.3 is 10.2 Å². The zero-order valence-electron chi connectivity index (χ0n) is 15.2. The molecule has 0 atom stereocenters. The normalized spacial score (nSPS) is 12.1. The molecule has 0 unspecified atom stereocenters. The van der Waals surface area contributed by atoms with Crippen LogP contribution in [0.1, 0.15) is 38.8 Å². The van der Waals surface area contributed by atoms with Crippen molar-refractivity contribution in [3.8, 4) is 11.5 Å². The molecule has 5 heteroatoms. The van der Waals surface area contributed by atoms with Crippen LogP contribution in [0, 0.1) is 11.8 Å². The fraction of sp³-hybridized carbons (Fsp3) is 0.400. The first-order valence-electron chi connectivity index (χ1n) is 8.50. The van der Waals surface area contributed by atoms with E-state index in [0.717, 1.165) is 0 Å². The fourth-order valence-corrected chi connectivity index (χ4v) is 4.68. The molecule has 0 saturated heterocycles. The SMILES string of the molecule is CC(C)Cc1cc(O)ccc1S(=O)(=O)c1ccc(O)cc1CC(C)C. The van der Waals surface area contributed by atoms with Gasteiger partial charge in [-0.25, -0.2) is 8.42 Å². The molecule has 0 spiro atoms. The first-order valence-corrected chi connectivity index (χ1v) is 9.98. The molecule has 25 heavy (non-hydrogen) atoms. The van der Waals surface area contributed by atoms with E-state index in [1.807, 2.05) is 27.7 Å². The number of sulfone groups is 1. The largest absolute Gasteiger partial charge is 0.508 e. The van der Waals surface area contributed by atoms with Gasteiger partial charge in [0.2, 0.25) is 9.84 Å². The van der Waals surface area contributed by atoms with Crippen molar-refractivity contribution in [2.45, 2.75) is 50.3 Å². The van der Waals surface area contributed by atoms with Crippen LogP contribution in [-0.2, 0) is 22.7 Å². The molecule has 0 aliphatic carbocycles. The fourth-order valence-electron chi connectivity index (χ4n) is 2.97. The van der Waals surface area contributed by atoms with Crippen LogP contribution in [0.3, 0.4) is 0 Å². The Morgan fingerprint density at radius 1 is 0.760 bits per heavy atom. The molecule has 0 saturated carbocycles. The molecule has 136 valence electrons. The Morgan fingerprint density at radius 2 is 1.12 bits per heavy atom. The topological polar surface area (TPSA) is 74.6 Å². The smallest absolute Gasteiger partial charge is 0.207 e. The van der Waals surface area contributed by atoms with Crippen LogP contribution in [-0.4, -0.2) is 18.6 Å². The maximum atomic E-state index is 13.3. The van der Waals surface area contributed by atoms with Crippen molar-refractivity contribution in [1.29, 1.82) is 0 Å². The summed E-state index contributed by atoms with van der Waals surface area (Å²) in [5.41, 5.74) is 1.22. The molecule has 0 heterocycles. The standard InChI is InChI=1S/C20H26O4S/c1-13(2)9-15-11-17(21)5-7-19(15)25(23,24)20-8-6-18(22)12-16(20)10-14(3)4/h5-8,11-14,21-22H,9-10H2,1-4H3. The van der Waals surface area contributed by atoms with Gasteiger partial charge in [-0.2, -0.15) is 0 Å². The molecule has 0 amide bonds. The molecular weight excluding hydrogens is 336 g/mol. The van der Waals surface area contributed by atoms with Crippen molar-refractivity contribution in [2.75, 3.05) is 0 Å². The molecule has 2 aromatic carbocycles. The molecule has 0 aromatic heterocycles.